The molecule has 212 valence electrons. The van der Waals surface area contributed by atoms with Crippen molar-refractivity contribution in [1.82, 2.24) is 19.6 Å². The second-order valence-electron chi connectivity index (χ2n) is 8.96. The predicted molar refractivity (Wildman–Crippen MR) is 148 cm³/mol. The van der Waals surface area contributed by atoms with Crippen molar-refractivity contribution in [3.05, 3.63) is 52.1 Å². The Kier molecular flexibility index (Phi) is 11.0. The standard InChI is InChI=1S/C27H35ClFN5O5/c1-5-33(6-2)10-11-34(27(37)39-14-13-38-12-9-30-28)26(36)24-17(3)23(31-18(24)4)16-21-20-15-19(29)7-8-22(20)32-25(21)35/h7-8,15-16,30-31H,5-6,9-14H2,1-4H3,(H,32,35)/b21-16-. The number of amides is 3. The molecule has 0 bridgehead atoms. The van der Waals surface area contributed by atoms with Crippen molar-refractivity contribution in [2.75, 3.05) is 57.9 Å². The number of fused-ring (bicyclic) bond motifs is 1. The van der Waals surface area contributed by atoms with E-state index in [1.165, 1.54) is 18.2 Å². The molecular weight excluding hydrogens is 529 g/mol. The van der Waals surface area contributed by atoms with E-state index in [0.717, 1.165) is 18.0 Å². The number of anilines is 1. The predicted octanol–water partition coefficient (Wildman–Crippen LogP) is 3.94. The monoisotopic (exact) mass is 563 g/mol. The van der Waals surface area contributed by atoms with Gasteiger partial charge in [0.15, 0.2) is 0 Å². The molecule has 1 aliphatic heterocycles. The maximum absolute atomic E-state index is 13.9. The molecule has 1 aromatic heterocycles. The van der Waals surface area contributed by atoms with E-state index >= 15 is 0 Å². The summed E-state index contributed by atoms with van der Waals surface area (Å²) < 4.78 is 24.5. The largest absolute Gasteiger partial charge is 0.447 e. The van der Waals surface area contributed by atoms with Gasteiger partial charge in [-0.25, -0.2) is 18.9 Å². The highest BCUT2D eigenvalue weighted by Gasteiger charge is 2.30. The summed E-state index contributed by atoms with van der Waals surface area (Å²) in [5.41, 5.74) is 3.12. The Morgan fingerprint density at radius 3 is 2.56 bits per heavy atom. The molecule has 1 aromatic carbocycles. The van der Waals surface area contributed by atoms with Crippen LogP contribution in [-0.2, 0) is 14.3 Å². The number of nitrogens with one attached hydrogen (secondary N) is 3. The first kappa shape index (κ1) is 30.3. The number of likely N-dealkylation sites (N-methyl/N-ethyl adjacent to an activating group) is 1. The van der Waals surface area contributed by atoms with Crippen LogP contribution in [-0.4, -0.2) is 85.2 Å². The quantitative estimate of drug-likeness (QED) is 0.192. The number of halogens is 2. The molecule has 10 nitrogen and oxygen atoms in total. The molecule has 0 saturated heterocycles. The van der Waals surface area contributed by atoms with Crippen LogP contribution in [0, 0.1) is 19.7 Å². The number of H-pyrrole nitrogens is 1. The maximum Gasteiger partial charge on any atom is 0.416 e. The van der Waals surface area contributed by atoms with E-state index in [4.69, 9.17) is 21.3 Å². The SMILES string of the molecule is CCN(CC)CCN(C(=O)OCCOCCNCl)C(=O)c1c(C)[nH]c(/C=C2\C(=O)Nc3ccc(F)cc32)c1C. The van der Waals surface area contributed by atoms with Gasteiger partial charge in [0.1, 0.15) is 12.4 Å². The zero-order chi connectivity index (χ0) is 28.5. The van der Waals surface area contributed by atoms with Gasteiger partial charge >= 0.3 is 6.09 Å². The Labute approximate surface area is 232 Å². The summed E-state index contributed by atoms with van der Waals surface area (Å²) in [6.07, 6.45) is 0.816. The van der Waals surface area contributed by atoms with Crippen LogP contribution in [0.1, 0.15) is 46.7 Å². The molecule has 0 aliphatic carbocycles. The molecule has 39 heavy (non-hydrogen) atoms. The minimum atomic E-state index is -0.772. The first-order chi connectivity index (χ1) is 18.7. The molecule has 0 radical (unpaired) electrons. The van der Waals surface area contributed by atoms with Crippen molar-refractivity contribution in [2.24, 2.45) is 0 Å². The third-order valence-corrected chi connectivity index (χ3v) is 6.73. The first-order valence-electron chi connectivity index (χ1n) is 12.9. The highest BCUT2D eigenvalue weighted by atomic mass is 35.5. The average molecular weight is 564 g/mol. The molecule has 0 atom stereocenters. The Balaban J connectivity index is 1.85. The summed E-state index contributed by atoms with van der Waals surface area (Å²) in [4.78, 5) is 48.1. The minimum Gasteiger partial charge on any atom is -0.447 e. The summed E-state index contributed by atoms with van der Waals surface area (Å²) in [6, 6.07) is 4.07. The maximum atomic E-state index is 13.9. The van der Waals surface area contributed by atoms with Crippen LogP contribution in [0.25, 0.3) is 11.6 Å². The number of hydrogen-bond donors (Lipinski definition) is 3. The number of benzene rings is 1. The van der Waals surface area contributed by atoms with Crippen molar-refractivity contribution in [3.8, 4) is 0 Å². The minimum absolute atomic E-state index is 0.0241. The molecule has 2 heterocycles. The second-order valence-corrected chi connectivity index (χ2v) is 9.23. The number of aryl methyl sites for hydroxylation is 1. The van der Waals surface area contributed by atoms with Gasteiger partial charge in [0.25, 0.3) is 11.8 Å². The third kappa shape index (κ3) is 7.45. The van der Waals surface area contributed by atoms with Crippen LogP contribution in [0.15, 0.2) is 18.2 Å². The van der Waals surface area contributed by atoms with Crippen LogP contribution in [0.4, 0.5) is 14.9 Å². The highest BCUT2D eigenvalue weighted by molar-refractivity contribution is 6.35. The summed E-state index contributed by atoms with van der Waals surface area (Å²) in [6.45, 7) is 10.5. The number of carbonyl (C=O) groups excluding carboxylic acids is 3. The van der Waals surface area contributed by atoms with Gasteiger partial charge in [-0.2, -0.15) is 0 Å². The zero-order valence-corrected chi connectivity index (χ0v) is 23.4. The van der Waals surface area contributed by atoms with Crippen molar-refractivity contribution in [3.63, 3.8) is 0 Å². The molecule has 3 N–H and O–H groups in total. The van der Waals surface area contributed by atoms with Crippen molar-refractivity contribution < 1.29 is 28.2 Å². The van der Waals surface area contributed by atoms with Gasteiger partial charge in [-0.05, 0) is 68.6 Å². The molecule has 1 aliphatic rings. The lowest BCUT2D eigenvalue weighted by Gasteiger charge is -2.25. The van der Waals surface area contributed by atoms with E-state index in [1.807, 2.05) is 13.8 Å². The van der Waals surface area contributed by atoms with E-state index < -0.39 is 17.8 Å². The molecule has 0 spiro atoms. The lowest BCUT2D eigenvalue weighted by atomic mass is 10.0. The fourth-order valence-corrected chi connectivity index (χ4v) is 4.43. The molecule has 0 fully saturated rings. The molecule has 0 saturated carbocycles. The molecule has 3 amide bonds. The van der Waals surface area contributed by atoms with Gasteiger partial charge in [0.2, 0.25) is 0 Å². The van der Waals surface area contributed by atoms with E-state index in [2.05, 4.69) is 20.0 Å². The molecule has 12 heteroatoms. The van der Waals surface area contributed by atoms with Crippen LogP contribution < -0.4 is 10.2 Å². The molecule has 3 rings (SSSR count). The number of hydrogen-bond acceptors (Lipinski definition) is 7. The normalized spacial score (nSPS) is 13.6. The fourth-order valence-electron chi connectivity index (χ4n) is 4.36. The first-order valence-corrected chi connectivity index (χ1v) is 13.2. The van der Waals surface area contributed by atoms with Gasteiger partial charge in [-0.1, -0.05) is 13.8 Å². The number of aromatic amines is 1. The van der Waals surface area contributed by atoms with Crippen molar-refractivity contribution in [1.29, 1.82) is 0 Å². The summed E-state index contributed by atoms with van der Waals surface area (Å²) in [5.74, 6) is -1.35. The van der Waals surface area contributed by atoms with Gasteiger partial charge in [0, 0.05) is 42.3 Å². The molecule has 2 aromatic rings. The van der Waals surface area contributed by atoms with E-state index in [0.29, 0.717) is 53.5 Å². The number of imide groups is 1. The Morgan fingerprint density at radius 2 is 1.87 bits per heavy atom. The van der Waals surface area contributed by atoms with Crippen LogP contribution in [0.3, 0.4) is 0 Å². The number of aromatic nitrogens is 1. The highest BCUT2D eigenvalue weighted by Crippen LogP contribution is 2.34. The summed E-state index contributed by atoms with van der Waals surface area (Å²) >= 11 is 5.39. The fraction of sp³-hybridized carbons (Fsp3) is 0.444. The lowest BCUT2D eigenvalue weighted by molar-refractivity contribution is -0.110. The molecule has 0 unspecified atom stereocenters. The Morgan fingerprint density at radius 1 is 1.13 bits per heavy atom. The van der Waals surface area contributed by atoms with Gasteiger partial charge in [-0.15, -0.1) is 0 Å². The number of rotatable bonds is 13. The van der Waals surface area contributed by atoms with Crippen molar-refractivity contribution >= 4 is 47.0 Å². The number of ether oxygens (including phenoxy) is 2. The third-order valence-electron chi connectivity index (χ3n) is 6.54. The van der Waals surface area contributed by atoms with Gasteiger partial charge in [0.05, 0.1) is 24.4 Å². The summed E-state index contributed by atoms with van der Waals surface area (Å²) in [7, 11) is 0. The van der Waals surface area contributed by atoms with E-state index in [9.17, 15) is 18.8 Å². The van der Waals surface area contributed by atoms with Crippen LogP contribution >= 0.6 is 11.8 Å². The van der Waals surface area contributed by atoms with Crippen LogP contribution in [0.5, 0.6) is 0 Å². The second kappa shape index (κ2) is 14.2. The van der Waals surface area contributed by atoms with Crippen LogP contribution in [0.2, 0.25) is 0 Å². The topological polar surface area (TPSA) is 116 Å². The zero-order valence-electron chi connectivity index (χ0n) is 22.7. The Hall–Kier alpha value is -3.25. The van der Waals surface area contributed by atoms with E-state index in [1.54, 1.807) is 19.9 Å². The summed E-state index contributed by atoms with van der Waals surface area (Å²) in [5, 5.41) is 2.72. The Bertz CT molecular complexity index is 1230. The molecular formula is C27H35ClFN5O5. The number of nitrogens with zero attached hydrogens (tertiary/aromatic N) is 2. The number of carbonyl (C=O) groups is 3. The average Bonchev–Trinajstić information content (AvgIpc) is 3.37. The van der Waals surface area contributed by atoms with Gasteiger partial charge < -0.3 is 24.7 Å². The lowest BCUT2D eigenvalue weighted by Crippen LogP contribution is -2.43. The smallest absolute Gasteiger partial charge is 0.416 e. The van der Waals surface area contributed by atoms with E-state index in [-0.39, 0.29) is 31.2 Å². The van der Waals surface area contributed by atoms with Gasteiger partial charge in [-0.3, -0.25) is 9.59 Å². The van der Waals surface area contributed by atoms with Crippen molar-refractivity contribution in [2.45, 2.75) is 27.7 Å².